The van der Waals surface area contributed by atoms with Crippen molar-refractivity contribution in [2.24, 2.45) is 0 Å². The summed E-state index contributed by atoms with van der Waals surface area (Å²) >= 11 is 17.1. The summed E-state index contributed by atoms with van der Waals surface area (Å²) in [6.45, 7) is 5.91. The molecule has 0 aliphatic heterocycles. The van der Waals surface area contributed by atoms with E-state index in [2.05, 4.69) is 21.2 Å². The normalized spacial score (nSPS) is 12.0. The minimum atomic E-state index is -0.585. The van der Waals surface area contributed by atoms with E-state index in [9.17, 15) is 9.59 Å². The Balaban J connectivity index is 2.09. The Bertz CT molecular complexity index is 895. The van der Waals surface area contributed by atoms with Crippen molar-refractivity contribution in [2.75, 3.05) is 5.75 Å². The van der Waals surface area contributed by atoms with Gasteiger partial charge in [-0.3, -0.25) is 9.59 Å². The van der Waals surface area contributed by atoms with Gasteiger partial charge in [-0.05, 0) is 56.2 Å². The summed E-state index contributed by atoms with van der Waals surface area (Å²) < 4.78 is 0.929. The van der Waals surface area contributed by atoms with E-state index in [0.717, 1.165) is 15.6 Å². The number of hydrogen-bond donors (Lipinski definition) is 1. The zero-order valence-corrected chi connectivity index (χ0v) is 21.0. The number of nitrogens with zero attached hydrogens (tertiary/aromatic N) is 1. The molecule has 0 bridgehead atoms. The predicted molar refractivity (Wildman–Crippen MR) is 130 cm³/mol. The van der Waals surface area contributed by atoms with E-state index in [1.165, 1.54) is 11.8 Å². The lowest BCUT2D eigenvalue weighted by atomic mass is 10.1. The molecule has 0 aliphatic rings. The van der Waals surface area contributed by atoms with Crippen LogP contribution in [0.1, 0.15) is 31.9 Å². The smallest absolute Gasteiger partial charge is 0.242 e. The monoisotopic (exact) mass is 530 g/mol. The number of hydrogen-bond acceptors (Lipinski definition) is 3. The third-order valence-electron chi connectivity index (χ3n) is 4.34. The van der Waals surface area contributed by atoms with Crippen molar-refractivity contribution in [2.45, 2.75) is 45.2 Å². The fourth-order valence-corrected chi connectivity index (χ4v) is 4.71. The van der Waals surface area contributed by atoms with Gasteiger partial charge in [0.1, 0.15) is 6.04 Å². The number of halogens is 3. The molecule has 0 aliphatic carbocycles. The summed E-state index contributed by atoms with van der Waals surface area (Å²) in [7, 11) is 0. The van der Waals surface area contributed by atoms with Crippen LogP contribution in [0.15, 0.2) is 46.9 Å². The van der Waals surface area contributed by atoms with Crippen LogP contribution >= 0.6 is 50.9 Å². The Hall–Kier alpha value is -1.21. The summed E-state index contributed by atoms with van der Waals surface area (Å²) in [6, 6.07) is 12.5. The van der Waals surface area contributed by atoms with E-state index in [-0.39, 0.29) is 23.6 Å². The molecule has 0 spiro atoms. The van der Waals surface area contributed by atoms with E-state index < -0.39 is 6.04 Å². The molecule has 1 N–H and O–H groups in total. The Morgan fingerprint density at radius 3 is 2.50 bits per heavy atom. The van der Waals surface area contributed by atoms with Crippen molar-refractivity contribution in [3.05, 3.63) is 68.1 Å². The number of amides is 2. The molecule has 2 aromatic carbocycles. The Labute approximate surface area is 200 Å². The molecule has 0 unspecified atom stereocenters. The minimum absolute atomic E-state index is 0.00388. The van der Waals surface area contributed by atoms with Gasteiger partial charge in [-0.2, -0.15) is 0 Å². The lowest BCUT2D eigenvalue weighted by molar-refractivity contribution is -0.138. The van der Waals surface area contributed by atoms with Crippen LogP contribution in [-0.2, 0) is 21.9 Å². The fraction of sp³-hybridized carbons (Fsp3) is 0.364. The highest BCUT2D eigenvalue weighted by Crippen LogP contribution is 2.25. The molecule has 162 valence electrons. The molecule has 2 rings (SSSR count). The van der Waals surface area contributed by atoms with Crippen LogP contribution in [-0.4, -0.2) is 34.6 Å². The fourth-order valence-electron chi connectivity index (χ4n) is 2.79. The van der Waals surface area contributed by atoms with Gasteiger partial charge in [0, 0.05) is 32.9 Å². The van der Waals surface area contributed by atoms with Gasteiger partial charge in [0.2, 0.25) is 11.8 Å². The van der Waals surface area contributed by atoms with E-state index in [1.807, 2.05) is 44.2 Å². The van der Waals surface area contributed by atoms with E-state index in [1.54, 1.807) is 24.0 Å². The van der Waals surface area contributed by atoms with Gasteiger partial charge in [-0.15, -0.1) is 11.8 Å². The molecule has 0 saturated carbocycles. The van der Waals surface area contributed by atoms with Gasteiger partial charge in [-0.1, -0.05) is 57.3 Å². The van der Waals surface area contributed by atoms with Crippen LogP contribution < -0.4 is 5.32 Å². The van der Waals surface area contributed by atoms with Crippen LogP contribution in [0.25, 0.3) is 0 Å². The van der Waals surface area contributed by atoms with E-state index in [0.29, 0.717) is 22.3 Å². The number of benzene rings is 2. The molecule has 0 aromatic heterocycles. The summed E-state index contributed by atoms with van der Waals surface area (Å²) in [6.07, 6.45) is 0. The number of carbonyl (C=O) groups is 2. The highest BCUT2D eigenvalue weighted by Gasteiger charge is 2.26. The number of carbonyl (C=O) groups excluding carboxylic acids is 2. The maximum atomic E-state index is 13.1. The van der Waals surface area contributed by atoms with Gasteiger partial charge in [0.25, 0.3) is 0 Å². The maximum Gasteiger partial charge on any atom is 0.242 e. The molecule has 0 saturated heterocycles. The molecular weight excluding hydrogens is 507 g/mol. The zero-order valence-electron chi connectivity index (χ0n) is 17.1. The van der Waals surface area contributed by atoms with Gasteiger partial charge >= 0.3 is 0 Å². The van der Waals surface area contributed by atoms with Crippen LogP contribution in [0.2, 0.25) is 10.0 Å². The lowest BCUT2D eigenvalue weighted by Crippen LogP contribution is -2.49. The van der Waals surface area contributed by atoms with Gasteiger partial charge in [0.05, 0.1) is 5.75 Å². The average molecular weight is 532 g/mol. The highest BCUT2D eigenvalue weighted by atomic mass is 79.9. The topological polar surface area (TPSA) is 49.4 Å². The number of thioether (sulfide) groups is 1. The van der Waals surface area contributed by atoms with Gasteiger partial charge in [-0.25, -0.2) is 0 Å². The largest absolute Gasteiger partial charge is 0.352 e. The highest BCUT2D eigenvalue weighted by molar-refractivity contribution is 9.10. The summed E-state index contributed by atoms with van der Waals surface area (Å²) in [5.74, 6) is 0.557. The van der Waals surface area contributed by atoms with Crippen LogP contribution in [0.5, 0.6) is 0 Å². The van der Waals surface area contributed by atoms with Crippen molar-refractivity contribution in [1.82, 2.24) is 10.2 Å². The molecule has 30 heavy (non-hydrogen) atoms. The molecule has 0 heterocycles. The van der Waals surface area contributed by atoms with Crippen molar-refractivity contribution < 1.29 is 9.59 Å². The number of rotatable bonds is 9. The van der Waals surface area contributed by atoms with Crippen LogP contribution in [0.4, 0.5) is 0 Å². The Kier molecular flexibility index (Phi) is 10.0. The molecule has 2 aromatic rings. The summed E-state index contributed by atoms with van der Waals surface area (Å²) in [4.78, 5) is 27.3. The summed E-state index contributed by atoms with van der Waals surface area (Å²) in [5, 5.41) is 4.05. The van der Waals surface area contributed by atoms with Crippen molar-refractivity contribution in [3.63, 3.8) is 0 Å². The van der Waals surface area contributed by atoms with Gasteiger partial charge in [0.15, 0.2) is 0 Å². The molecule has 0 radical (unpaired) electrons. The first-order valence-corrected chi connectivity index (χ1v) is 12.2. The third-order valence-corrected chi connectivity index (χ3v) is 6.38. The van der Waals surface area contributed by atoms with E-state index >= 15 is 0 Å². The average Bonchev–Trinajstić information content (AvgIpc) is 2.66. The second-order valence-corrected chi connectivity index (χ2v) is 9.96. The first-order valence-electron chi connectivity index (χ1n) is 9.53. The van der Waals surface area contributed by atoms with Crippen LogP contribution in [0, 0.1) is 0 Å². The molecular formula is C22H25BrCl2N2O2S. The molecule has 1 atom stereocenters. The SMILES string of the molecule is CC(C)NC(=O)[C@@H](C)N(Cc1cccc(Br)c1)C(=O)CSCc1ccc(Cl)cc1Cl. The quantitative estimate of drug-likeness (QED) is 0.436. The minimum Gasteiger partial charge on any atom is -0.352 e. The standard InChI is InChI=1S/C22H25BrCl2N2O2S/c1-14(2)26-22(29)15(3)27(11-16-5-4-6-18(23)9-16)21(28)13-30-12-17-7-8-19(24)10-20(17)25/h4-10,14-15H,11-13H2,1-3H3,(H,26,29)/t15-/m1/s1. The maximum absolute atomic E-state index is 13.1. The van der Waals surface area contributed by atoms with Crippen molar-refractivity contribution >= 4 is 62.7 Å². The second kappa shape index (κ2) is 12.0. The third kappa shape index (κ3) is 7.80. The van der Waals surface area contributed by atoms with Gasteiger partial charge < -0.3 is 10.2 Å². The molecule has 8 heteroatoms. The molecule has 0 fully saturated rings. The zero-order chi connectivity index (χ0) is 22.3. The van der Waals surface area contributed by atoms with Crippen LogP contribution in [0.3, 0.4) is 0 Å². The van der Waals surface area contributed by atoms with Crippen molar-refractivity contribution in [1.29, 1.82) is 0 Å². The summed E-state index contributed by atoms with van der Waals surface area (Å²) in [5.41, 5.74) is 1.87. The second-order valence-electron chi connectivity index (χ2n) is 7.22. The molecule has 2 amide bonds. The first-order chi connectivity index (χ1) is 14.2. The number of nitrogens with one attached hydrogen (secondary N) is 1. The van der Waals surface area contributed by atoms with E-state index in [4.69, 9.17) is 23.2 Å². The van der Waals surface area contributed by atoms with Crippen molar-refractivity contribution in [3.8, 4) is 0 Å². The Morgan fingerprint density at radius 2 is 1.87 bits per heavy atom. The first kappa shape index (κ1) is 25.1. The predicted octanol–water partition coefficient (Wildman–Crippen LogP) is 5.93. The Morgan fingerprint density at radius 1 is 1.13 bits per heavy atom. The molecule has 4 nitrogen and oxygen atoms in total. The lowest BCUT2D eigenvalue weighted by Gasteiger charge is -2.29.